The molecule has 0 saturated carbocycles. The van der Waals surface area contributed by atoms with Crippen LogP contribution in [0.1, 0.15) is 11.4 Å². The van der Waals surface area contributed by atoms with Crippen molar-refractivity contribution in [1.82, 2.24) is 9.97 Å². The zero-order valence-corrected chi connectivity index (χ0v) is 10.5. The third kappa shape index (κ3) is 2.58. The fourth-order valence-corrected chi connectivity index (χ4v) is 1.95. The molecular weight excluding hydrogens is 238 g/mol. The number of hydrogen-bond acceptors (Lipinski definition) is 3. The van der Waals surface area contributed by atoms with E-state index in [-0.39, 0.29) is 0 Å². The van der Waals surface area contributed by atoms with E-state index in [1.807, 2.05) is 48.5 Å². The molecule has 0 bridgehead atoms. The number of hydrogen-bond donors (Lipinski definition) is 2. The van der Waals surface area contributed by atoms with E-state index in [2.05, 4.69) is 9.97 Å². The van der Waals surface area contributed by atoms with Gasteiger partial charge in [0.05, 0.1) is 11.0 Å². The molecule has 3 rings (SSSR count). The van der Waals surface area contributed by atoms with E-state index < -0.39 is 0 Å². The summed E-state index contributed by atoms with van der Waals surface area (Å²) in [7, 11) is 0. The lowest BCUT2D eigenvalue weighted by atomic mass is 10.2. The van der Waals surface area contributed by atoms with E-state index in [1.165, 1.54) is 0 Å². The summed E-state index contributed by atoms with van der Waals surface area (Å²) >= 11 is 0. The third-order valence-electron chi connectivity index (χ3n) is 2.97. The predicted octanol–water partition coefficient (Wildman–Crippen LogP) is 2.60. The lowest BCUT2D eigenvalue weighted by molar-refractivity contribution is 0.297. The molecule has 0 aliphatic heterocycles. The smallest absolute Gasteiger partial charge is 0.146 e. The Bertz CT molecular complexity index is 640. The van der Waals surface area contributed by atoms with Crippen LogP contribution in [0.25, 0.3) is 11.0 Å². The van der Waals surface area contributed by atoms with Gasteiger partial charge in [-0.05, 0) is 29.8 Å². The van der Waals surface area contributed by atoms with Crippen LogP contribution in [0, 0.1) is 0 Å². The van der Waals surface area contributed by atoms with Crippen LogP contribution in [0.3, 0.4) is 0 Å². The van der Waals surface area contributed by atoms with Crippen molar-refractivity contribution in [2.45, 2.75) is 13.2 Å². The van der Waals surface area contributed by atoms with Crippen molar-refractivity contribution in [3.05, 3.63) is 59.9 Å². The first-order valence-corrected chi connectivity index (χ1v) is 6.20. The second-order valence-electron chi connectivity index (χ2n) is 4.34. The summed E-state index contributed by atoms with van der Waals surface area (Å²) in [5.74, 6) is 1.64. The number of aromatic amines is 1. The summed E-state index contributed by atoms with van der Waals surface area (Å²) in [6.45, 7) is 0.973. The summed E-state index contributed by atoms with van der Waals surface area (Å²) in [4.78, 5) is 7.69. The largest absolute Gasteiger partial charge is 0.486 e. The van der Waals surface area contributed by atoms with Gasteiger partial charge in [0.1, 0.15) is 18.2 Å². The Morgan fingerprint density at radius 3 is 2.58 bits per heavy atom. The van der Waals surface area contributed by atoms with Gasteiger partial charge in [0, 0.05) is 6.54 Å². The number of nitrogens with zero attached hydrogens (tertiary/aromatic N) is 1. The van der Waals surface area contributed by atoms with Crippen molar-refractivity contribution in [1.29, 1.82) is 0 Å². The summed E-state index contributed by atoms with van der Waals surface area (Å²) < 4.78 is 5.69. The molecule has 96 valence electrons. The van der Waals surface area contributed by atoms with Crippen LogP contribution in [0.5, 0.6) is 5.75 Å². The molecule has 0 atom stereocenters. The fourth-order valence-electron chi connectivity index (χ4n) is 1.95. The van der Waals surface area contributed by atoms with E-state index in [4.69, 9.17) is 10.5 Å². The molecule has 4 nitrogen and oxygen atoms in total. The van der Waals surface area contributed by atoms with E-state index >= 15 is 0 Å². The Morgan fingerprint density at radius 2 is 1.84 bits per heavy atom. The minimum absolute atomic E-state index is 0.427. The molecule has 0 aliphatic rings. The Hall–Kier alpha value is -2.33. The Morgan fingerprint density at radius 1 is 1.05 bits per heavy atom. The lowest BCUT2D eigenvalue weighted by Gasteiger charge is -2.04. The van der Waals surface area contributed by atoms with Crippen molar-refractivity contribution < 1.29 is 4.74 Å². The van der Waals surface area contributed by atoms with Gasteiger partial charge in [0.25, 0.3) is 0 Å². The van der Waals surface area contributed by atoms with Crippen molar-refractivity contribution in [3.8, 4) is 5.75 Å². The predicted molar refractivity (Wildman–Crippen MR) is 74.8 cm³/mol. The summed E-state index contributed by atoms with van der Waals surface area (Å²) in [6.07, 6.45) is 0. The fraction of sp³-hybridized carbons (Fsp3) is 0.133. The van der Waals surface area contributed by atoms with Gasteiger partial charge in [-0.2, -0.15) is 0 Å². The number of benzene rings is 2. The van der Waals surface area contributed by atoms with Crippen LogP contribution in [-0.4, -0.2) is 9.97 Å². The minimum atomic E-state index is 0.427. The Balaban J connectivity index is 1.70. The first-order valence-electron chi connectivity index (χ1n) is 6.20. The van der Waals surface area contributed by atoms with Gasteiger partial charge in [-0.3, -0.25) is 0 Å². The second kappa shape index (κ2) is 5.12. The van der Waals surface area contributed by atoms with Crippen molar-refractivity contribution >= 4 is 11.0 Å². The maximum absolute atomic E-state index is 5.69. The second-order valence-corrected chi connectivity index (χ2v) is 4.34. The maximum atomic E-state index is 5.69. The summed E-state index contributed by atoms with van der Waals surface area (Å²) in [6, 6.07) is 15.7. The molecule has 0 radical (unpaired) electrons. The van der Waals surface area contributed by atoms with Gasteiger partial charge < -0.3 is 15.5 Å². The number of H-pyrrole nitrogens is 1. The van der Waals surface area contributed by atoms with E-state index in [9.17, 15) is 0 Å². The number of para-hydroxylation sites is 2. The molecule has 1 aromatic heterocycles. The topological polar surface area (TPSA) is 63.9 Å². The van der Waals surface area contributed by atoms with Crippen LogP contribution in [0.15, 0.2) is 48.5 Å². The minimum Gasteiger partial charge on any atom is -0.486 e. The van der Waals surface area contributed by atoms with Crippen LogP contribution >= 0.6 is 0 Å². The third-order valence-corrected chi connectivity index (χ3v) is 2.97. The molecule has 2 aromatic carbocycles. The number of ether oxygens (including phenoxy) is 1. The van der Waals surface area contributed by atoms with E-state index in [1.54, 1.807) is 0 Å². The number of nitrogens with one attached hydrogen (secondary N) is 1. The van der Waals surface area contributed by atoms with Crippen LogP contribution in [-0.2, 0) is 13.2 Å². The zero-order valence-electron chi connectivity index (χ0n) is 10.5. The number of imidazole rings is 1. The zero-order chi connectivity index (χ0) is 13.1. The van der Waals surface area contributed by atoms with Gasteiger partial charge in [0.15, 0.2) is 0 Å². The van der Waals surface area contributed by atoms with Gasteiger partial charge in [-0.25, -0.2) is 4.98 Å². The molecule has 3 N–H and O–H groups in total. The molecule has 0 saturated heterocycles. The molecule has 4 heteroatoms. The van der Waals surface area contributed by atoms with Crippen molar-refractivity contribution in [3.63, 3.8) is 0 Å². The average molecular weight is 253 g/mol. The van der Waals surface area contributed by atoms with Gasteiger partial charge in [-0.1, -0.05) is 24.3 Å². The normalized spacial score (nSPS) is 10.8. The van der Waals surface area contributed by atoms with E-state index in [0.717, 1.165) is 28.2 Å². The van der Waals surface area contributed by atoms with Gasteiger partial charge in [0.2, 0.25) is 0 Å². The number of rotatable bonds is 4. The highest BCUT2D eigenvalue weighted by atomic mass is 16.5. The first-order chi connectivity index (χ1) is 9.35. The molecule has 0 fully saturated rings. The maximum Gasteiger partial charge on any atom is 0.146 e. The Kier molecular flexibility index (Phi) is 3.16. The monoisotopic (exact) mass is 253 g/mol. The van der Waals surface area contributed by atoms with Crippen LogP contribution in [0.2, 0.25) is 0 Å². The Labute approximate surface area is 111 Å². The molecule has 1 heterocycles. The molecule has 19 heavy (non-hydrogen) atoms. The number of aromatic nitrogens is 2. The summed E-state index contributed by atoms with van der Waals surface area (Å²) in [5.41, 5.74) is 8.63. The van der Waals surface area contributed by atoms with Crippen LogP contribution < -0.4 is 10.5 Å². The van der Waals surface area contributed by atoms with Gasteiger partial charge in [-0.15, -0.1) is 0 Å². The number of nitrogens with two attached hydrogens (primary N) is 1. The molecule has 0 amide bonds. The highest BCUT2D eigenvalue weighted by Gasteiger charge is 2.02. The highest BCUT2D eigenvalue weighted by Crippen LogP contribution is 2.15. The number of fused-ring (bicyclic) bond motifs is 1. The molecular formula is C15H15N3O. The quantitative estimate of drug-likeness (QED) is 0.751. The standard InChI is InChI=1S/C15H15N3O/c16-9-11-5-7-12(8-6-11)19-10-15-17-13-3-1-2-4-14(13)18-15/h1-8H,9-10,16H2,(H,17,18). The van der Waals surface area contributed by atoms with E-state index in [0.29, 0.717) is 13.2 Å². The molecule has 0 unspecified atom stereocenters. The SMILES string of the molecule is NCc1ccc(OCc2nc3ccccc3[nH]2)cc1. The summed E-state index contributed by atoms with van der Waals surface area (Å²) in [5, 5.41) is 0. The van der Waals surface area contributed by atoms with Crippen molar-refractivity contribution in [2.24, 2.45) is 5.73 Å². The van der Waals surface area contributed by atoms with Crippen molar-refractivity contribution in [2.75, 3.05) is 0 Å². The molecule has 3 aromatic rings. The first kappa shape index (κ1) is 11.7. The van der Waals surface area contributed by atoms with Gasteiger partial charge >= 0.3 is 0 Å². The lowest BCUT2D eigenvalue weighted by Crippen LogP contribution is -1.99. The highest BCUT2D eigenvalue weighted by molar-refractivity contribution is 5.74. The molecule has 0 aliphatic carbocycles. The molecule has 0 spiro atoms. The van der Waals surface area contributed by atoms with Crippen LogP contribution in [0.4, 0.5) is 0 Å². The average Bonchev–Trinajstić information content (AvgIpc) is 2.88.